The zero-order valence-electron chi connectivity index (χ0n) is 13.6. The van der Waals surface area contributed by atoms with Crippen molar-refractivity contribution in [1.29, 1.82) is 0 Å². The lowest BCUT2D eigenvalue weighted by atomic mass is 9.96. The summed E-state index contributed by atoms with van der Waals surface area (Å²) in [5, 5.41) is 8.78. The van der Waals surface area contributed by atoms with Crippen molar-refractivity contribution in [3.8, 4) is 0 Å². The van der Waals surface area contributed by atoms with Crippen LogP contribution in [0.25, 0.3) is 0 Å². The molecule has 0 aromatic carbocycles. The zero-order chi connectivity index (χ0) is 22.1. The molecule has 0 saturated heterocycles. The van der Waals surface area contributed by atoms with Gasteiger partial charge < -0.3 is 14.6 Å². The summed E-state index contributed by atoms with van der Waals surface area (Å²) >= 11 is 0. The normalized spacial score (nSPS) is 13.9. The fourth-order valence-electron chi connectivity index (χ4n) is 1.26. The molecule has 0 fully saturated rings. The van der Waals surface area contributed by atoms with E-state index in [9.17, 15) is 49.1 Å². The minimum atomic E-state index is -6.45. The molecule has 14 heteroatoms. The van der Waals surface area contributed by atoms with Gasteiger partial charge in [-0.1, -0.05) is 20.4 Å². The van der Waals surface area contributed by atoms with Crippen LogP contribution in [0.1, 0.15) is 13.8 Å². The number of esters is 2. The fourth-order valence-corrected chi connectivity index (χ4v) is 1.26. The van der Waals surface area contributed by atoms with Crippen LogP contribution in [0.4, 0.5) is 39.5 Å². The van der Waals surface area contributed by atoms with Crippen LogP contribution in [0.2, 0.25) is 0 Å². The van der Waals surface area contributed by atoms with Crippen molar-refractivity contribution in [2.75, 3.05) is 13.2 Å². The van der Waals surface area contributed by atoms with E-state index in [0.29, 0.717) is 0 Å². The van der Waals surface area contributed by atoms with Crippen LogP contribution < -0.4 is 0 Å². The summed E-state index contributed by atoms with van der Waals surface area (Å²) in [5.41, 5.74) is -9.41. The highest BCUT2D eigenvalue weighted by Crippen LogP contribution is 2.44. The first-order chi connectivity index (χ1) is 11.7. The number of rotatable bonds is 6. The van der Waals surface area contributed by atoms with Gasteiger partial charge in [0.15, 0.2) is 0 Å². The first-order valence-electron chi connectivity index (χ1n) is 6.63. The SMILES string of the molecule is C=C(C(=O)OCC(C)(C)COC(=O)C(O)(C(F)(F)F)C(F)(F)F)C(F)(F)F. The fraction of sp³-hybridized carbons (Fsp3) is 0.692. The Labute approximate surface area is 145 Å². The van der Waals surface area contributed by atoms with Gasteiger partial charge in [-0.2, -0.15) is 39.5 Å². The van der Waals surface area contributed by atoms with Crippen molar-refractivity contribution >= 4 is 11.9 Å². The lowest BCUT2D eigenvalue weighted by Gasteiger charge is -2.31. The first-order valence-corrected chi connectivity index (χ1v) is 6.63. The van der Waals surface area contributed by atoms with E-state index < -0.39 is 60.3 Å². The minimum Gasteiger partial charge on any atom is -0.462 e. The molecule has 0 radical (unpaired) electrons. The summed E-state index contributed by atoms with van der Waals surface area (Å²) < 4.78 is 119. The standard InChI is InChI=1S/C13H13F9O5/c1-6(11(14,15)16)7(23)26-4-9(2,3)5-27-8(24)10(25,12(17,18)19)13(20,21)22/h25H,1,4-5H2,2-3H3. The van der Waals surface area contributed by atoms with E-state index in [1.807, 2.05) is 0 Å². The third-order valence-corrected chi connectivity index (χ3v) is 2.89. The van der Waals surface area contributed by atoms with Gasteiger partial charge in [0.25, 0.3) is 0 Å². The number of aliphatic hydroxyl groups is 1. The summed E-state index contributed by atoms with van der Waals surface area (Å²) in [4.78, 5) is 22.3. The van der Waals surface area contributed by atoms with Crippen molar-refractivity contribution in [3.63, 3.8) is 0 Å². The molecule has 0 bridgehead atoms. The summed E-state index contributed by atoms with van der Waals surface area (Å²) in [6, 6.07) is 0. The Bertz CT molecular complexity index is 572. The molecule has 0 atom stereocenters. The Morgan fingerprint density at radius 1 is 0.852 bits per heavy atom. The van der Waals surface area contributed by atoms with Gasteiger partial charge in [0.2, 0.25) is 0 Å². The van der Waals surface area contributed by atoms with Gasteiger partial charge in [-0.15, -0.1) is 0 Å². The molecule has 1 N–H and O–H groups in total. The van der Waals surface area contributed by atoms with Crippen molar-refractivity contribution < 1.29 is 63.7 Å². The van der Waals surface area contributed by atoms with Crippen molar-refractivity contribution in [3.05, 3.63) is 12.2 Å². The predicted molar refractivity (Wildman–Crippen MR) is 68.0 cm³/mol. The second kappa shape index (κ2) is 7.56. The van der Waals surface area contributed by atoms with E-state index in [1.54, 1.807) is 0 Å². The van der Waals surface area contributed by atoms with Crippen molar-refractivity contribution in [2.24, 2.45) is 5.41 Å². The van der Waals surface area contributed by atoms with E-state index in [1.165, 1.54) is 0 Å². The monoisotopic (exact) mass is 420 g/mol. The highest BCUT2D eigenvalue weighted by atomic mass is 19.4. The molecule has 0 rings (SSSR count). The molecule has 0 aromatic rings. The van der Waals surface area contributed by atoms with Crippen molar-refractivity contribution in [1.82, 2.24) is 0 Å². The lowest BCUT2D eigenvalue weighted by molar-refractivity contribution is -0.357. The smallest absolute Gasteiger partial charge is 0.437 e. The average molecular weight is 420 g/mol. The van der Waals surface area contributed by atoms with Crippen molar-refractivity contribution in [2.45, 2.75) is 38.0 Å². The summed E-state index contributed by atoms with van der Waals surface area (Å²) in [6.07, 6.45) is -18.0. The molecule has 0 aliphatic heterocycles. The zero-order valence-corrected chi connectivity index (χ0v) is 13.6. The molecular weight excluding hydrogens is 407 g/mol. The van der Waals surface area contributed by atoms with Crippen LogP contribution in [0, 0.1) is 5.41 Å². The Hall–Kier alpha value is -1.99. The third-order valence-electron chi connectivity index (χ3n) is 2.89. The Morgan fingerprint density at radius 3 is 1.56 bits per heavy atom. The molecule has 0 aliphatic carbocycles. The maximum Gasteiger partial charge on any atom is 0.437 e. The Balaban J connectivity index is 5.06. The van der Waals surface area contributed by atoms with Gasteiger partial charge in [0, 0.05) is 5.41 Å². The topological polar surface area (TPSA) is 72.8 Å². The number of ether oxygens (including phenoxy) is 2. The molecule has 0 saturated carbocycles. The summed E-state index contributed by atoms with van der Waals surface area (Å²) in [7, 11) is 0. The number of alkyl halides is 9. The minimum absolute atomic E-state index is 0.981. The number of hydrogen-bond acceptors (Lipinski definition) is 5. The molecule has 0 heterocycles. The number of carbonyl (C=O) groups is 2. The van der Waals surface area contributed by atoms with Crippen LogP contribution in [0.5, 0.6) is 0 Å². The summed E-state index contributed by atoms with van der Waals surface area (Å²) in [6.45, 7) is 2.16. The van der Waals surface area contributed by atoms with Gasteiger partial charge in [-0.25, -0.2) is 9.59 Å². The van der Waals surface area contributed by atoms with Crippen LogP contribution in [-0.4, -0.2) is 54.4 Å². The number of halogens is 9. The van der Waals surface area contributed by atoms with E-state index in [4.69, 9.17) is 5.11 Å². The number of carbonyl (C=O) groups excluding carboxylic acids is 2. The first kappa shape index (κ1) is 25.0. The van der Waals surface area contributed by atoms with Crippen LogP contribution >= 0.6 is 0 Å². The van der Waals surface area contributed by atoms with Crippen LogP contribution in [0.15, 0.2) is 12.2 Å². The van der Waals surface area contributed by atoms with E-state index in [0.717, 1.165) is 13.8 Å². The molecule has 0 unspecified atom stereocenters. The quantitative estimate of drug-likeness (QED) is 0.406. The molecular formula is C13H13F9O5. The van der Waals surface area contributed by atoms with Gasteiger partial charge in [-0.3, -0.25) is 0 Å². The van der Waals surface area contributed by atoms with Crippen LogP contribution in [0.3, 0.4) is 0 Å². The third kappa shape index (κ3) is 6.01. The molecule has 5 nitrogen and oxygen atoms in total. The van der Waals surface area contributed by atoms with Gasteiger partial charge in [-0.05, 0) is 0 Å². The van der Waals surface area contributed by atoms with E-state index in [-0.39, 0.29) is 0 Å². The van der Waals surface area contributed by atoms with E-state index in [2.05, 4.69) is 16.1 Å². The maximum atomic E-state index is 12.5. The van der Waals surface area contributed by atoms with Gasteiger partial charge in [0.1, 0.15) is 5.57 Å². The van der Waals surface area contributed by atoms with E-state index >= 15 is 0 Å². The van der Waals surface area contributed by atoms with Gasteiger partial charge in [0.05, 0.1) is 13.2 Å². The molecule has 27 heavy (non-hydrogen) atoms. The number of hydrogen-bond donors (Lipinski definition) is 1. The second-order valence-electron chi connectivity index (χ2n) is 6.00. The second-order valence-corrected chi connectivity index (χ2v) is 6.00. The molecule has 158 valence electrons. The highest BCUT2D eigenvalue weighted by Gasteiger charge is 2.76. The highest BCUT2D eigenvalue weighted by molar-refractivity contribution is 5.89. The van der Waals surface area contributed by atoms with Crippen LogP contribution in [-0.2, 0) is 19.1 Å². The van der Waals surface area contributed by atoms with Gasteiger partial charge >= 0.3 is 36.1 Å². The molecule has 0 amide bonds. The average Bonchev–Trinajstić information content (AvgIpc) is 2.45. The maximum absolute atomic E-state index is 12.5. The molecule has 0 aliphatic rings. The molecule has 0 spiro atoms. The summed E-state index contributed by atoms with van der Waals surface area (Å²) in [5.74, 6) is -5.04. The predicted octanol–water partition coefficient (Wildman–Crippen LogP) is 3.07. The lowest BCUT2D eigenvalue weighted by Crippen LogP contribution is -2.63. The molecule has 0 aromatic heterocycles. The largest absolute Gasteiger partial charge is 0.462 e. The Morgan fingerprint density at radius 2 is 1.22 bits per heavy atom. The Kier molecular flexibility index (Phi) is 7.00.